The maximum atomic E-state index is 12.6. The summed E-state index contributed by atoms with van der Waals surface area (Å²) in [6.07, 6.45) is -2.23. The van der Waals surface area contributed by atoms with E-state index in [1.165, 1.54) is 17.2 Å². The number of likely N-dealkylation sites (N-methyl/N-ethyl adjacent to an activating group) is 1. The minimum absolute atomic E-state index is 0.1000. The third-order valence-corrected chi connectivity index (χ3v) is 1.98. The largest absolute Gasteiger partial charge is 0.419 e. The van der Waals surface area contributed by atoms with E-state index in [1.807, 2.05) is 0 Å². The zero-order valence-corrected chi connectivity index (χ0v) is 8.25. The standard InChI is InChI=1S/C9H12F3N3/c1-15(5-3-13)8-2-4-14-6-7(8)9(10,11)12/h2,4,6H,3,5,13H2,1H3. The fourth-order valence-electron chi connectivity index (χ4n) is 1.25. The van der Waals surface area contributed by atoms with Crippen molar-refractivity contribution in [3.05, 3.63) is 24.0 Å². The number of hydrogen-bond acceptors (Lipinski definition) is 3. The Hall–Kier alpha value is -1.30. The molecule has 1 aromatic rings. The Morgan fingerprint density at radius 1 is 1.47 bits per heavy atom. The molecule has 1 heterocycles. The fourth-order valence-corrected chi connectivity index (χ4v) is 1.25. The van der Waals surface area contributed by atoms with Crippen molar-refractivity contribution in [1.82, 2.24) is 4.98 Å². The molecule has 6 heteroatoms. The predicted octanol–water partition coefficient (Wildman–Crippen LogP) is 1.50. The van der Waals surface area contributed by atoms with Crippen LogP contribution >= 0.6 is 0 Å². The van der Waals surface area contributed by atoms with Crippen LogP contribution in [0.3, 0.4) is 0 Å². The number of hydrogen-bond donors (Lipinski definition) is 1. The van der Waals surface area contributed by atoms with Crippen molar-refractivity contribution in [2.75, 3.05) is 25.0 Å². The summed E-state index contributed by atoms with van der Waals surface area (Å²) in [5, 5.41) is 0. The van der Waals surface area contributed by atoms with Crippen LogP contribution in [0.15, 0.2) is 18.5 Å². The van der Waals surface area contributed by atoms with Gasteiger partial charge < -0.3 is 10.6 Å². The first-order valence-corrected chi connectivity index (χ1v) is 4.39. The molecule has 1 aromatic heterocycles. The number of nitrogens with two attached hydrogens (primary N) is 1. The summed E-state index contributed by atoms with van der Waals surface area (Å²) in [6.45, 7) is 0.670. The van der Waals surface area contributed by atoms with E-state index in [-0.39, 0.29) is 5.69 Å². The van der Waals surface area contributed by atoms with Crippen molar-refractivity contribution < 1.29 is 13.2 Å². The summed E-state index contributed by atoms with van der Waals surface area (Å²) in [5.74, 6) is 0. The lowest BCUT2D eigenvalue weighted by Gasteiger charge is -2.22. The number of anilines is 1. The highest BCUT2D eigenvalue weighted by molar-refractivity contribution is 5.52. The van der Waals surface area contributed by atoms with Crippen molar-refractivity contribution >= 4 is 5.69 Å². The molecular formula is C9H12F3N3. The Labute approximate surface area is 85.7 Å². The van der Waals surface area contributed by atoms with E-state index in [4.69, 9.17) is 5.73 Å². The van der Waals surface area contributed by atoms with Crippen LogP contribution in [0.25, 0.3) is 0 Å². The summed E-state index contributed by atoms with van der Waals surface area (Å²) in [7, 11) is 1.57. The van der Waals surface area contributed by atoms with Crippen molar-refractivity contribution in [3.63, 3.8) is 0 Å². The second-order valence-corrected chi connectivity index (χ2v) is 3.10. The van der Waals surface area contributed by atoms with Gasteiger partial charge in [0.2, 0.25) is 0 Å². The number of alkyl halides is 3. The van der Waals surface area contributed by atoms with Gasteiger partial charge in [-0.25, -0.2) is 0 Å². The highest BCUT2D eigenvalue weighted by atomic mass is 19.4. The van der Waals surface area contributed by atoms with Crippen molar-refractivity contribution in [3.8, 4) is 0 Å². The summed E-state index contributed by atoms with van der Waals surface area (Å²) in [4.78, 5) is 4.94. The Bertz CT molecular complexity index is 325. The second-order valence-electron chi connectivity index (χ2n) is 3.10. The molecule has 2 N–H and O–H groups in total. The van der Waals surface area contributed by atoms with Gasteiger partial charge in [0, 0.05) is 32.5 Å². The molecule has 0 amide bonds. The molecule has 0 aliphatic rings. The summed E-state index contributed by atoms with van der Waals surface area (Å²) in [5.41, 5.74) is 4.65. The normalized spacial score (nSPS) is 11.5. The maximum Gasteiger partial charge on any atom is 0.419 e. The van der Waals surface area contributed by atoms with Crippen LogP contribution < -0.4 is 10.6 Å². The fraction of sp³-hybridized carbons (Fsp3) is 0.444. The van der Waals surface area contributed by atoms with Gasteiger partial charge >= 0.3 is 6.18 Å². The van der Waals surface area contributed by atoms with Gasteiger partial charge in [0.25, 0.3) is 0 Å². The van der Waals surface area contributed by atoms with Gasteiger partial charge in [-0.15, -0.1) is 0 Å². The van der Waals surface area contributed by atoms with Crippen LogP contribution in [0.5, 0.6) is 0 Å². The van der Waals surface area contributed by atoms with Crippen molar-refractivity contribution in [2.24, 2.45) is 5.73 Å². The number of pyridine rings is 1. The molecule has 0 aliphatic heterocycles. The van der Waals surface area contributed by atoms with Crippen molar-refractivity contribution in [1.29, 1.82) is 0 Å². The molecule has 0 aliphatic carbocycles. The zero-order valence-electron chi connectivity index (χ0n) is 8.25. The molecule has 0 fully saturated rings. The van der Waals surface area contributed by atoms with Gasteiger partial charge in [-0.2, -0.15) is 13.2 Å². The quantitative estimate of drug-likeness (QED) is 0.837. The monoisotopic (exact) mass is 219 g/mol. The van der Waals surface area contributed by atoms with Crippen LogP contribution in [-0.2, 0) is 6.18 Å². The third-order valence-electron chi connectivity index (χ3n) is 1.98. The molecule has 0 atom stereocenters. The van der Waals surface area contributed by atoms with E-state index < -0.39 is 11.7 Å². The average Bonchev–Trinajstić information content (AvgIpc) is 2.17. The van der Waals surface area contributed by atoms with Gasteiger partial charge in [-0.3, -0.25) is 4.98 Å². The van der Waals surface area contributed by atoms with E-state index in [2.05, 4.69) is 4.98 Å². The highest BCUT2D eigenvalue weighted by Crippen LogP contribution is 2.35. The molecule has 0 spiro atoms. The Morgan fingerprint density at radius 3 is 2.67 bits per heavy atom. The maximum absolute atomic E-state index is 12.6. The second kappa shape index (κ2) is 4.48. The lowest BCUT2D eigenvalue weighted by molar-refractivity contribution is -0.137. The molecule has 15 heavy (non-hydrogen) atoms. The smallest absolute Gasteiger partial charge is 0.373 e. The SMILES string of the molecule is CN(CCN)c1ccncc1C(F)(F)F. The van der Waals surface area contributed by atoms with E-state index >= 15 is 0 Å². The molecule has 0 saturated carbocycles. The van der Waals surface area contributed by atoms with Crippen LogP contribution in [0.4, 0.5) is 18.9 Å². The molecule has 84 valence electrons. The zero-order chi connectivity index (χ0) is 11.5. The van der Waals surface area contributed by atoms with E-state index in [1.54, 1.807) is 7.05 Å². The number of rotatable bonds is 3. The minimum atomic E-state index is -4.38. The molecule has 0 unspecified atom stereocenters. The summed E-state index contributed by atoms with van der Waals surface area (Å²) < 4.78 is 37.7. The Kier molecular flexibility index (Phi) is 3.52. The topological polar surface area (TPSA) is 42.1 Å². The van der Waals surface area contributed by atoms with Gasteiger partial charge in [0.1, 0.15) is 0 Å². The van der Waals surface area contributed by atoms with E-state index in [0.717, 1.165) is 6.20 Å². The molecule has 0 radical (unpaired) electrons. The van der Waals surface area contributed by atoms with E-state index in [9.17, 15) is 13.2 Å². The predicted molar refractivity (Wildman–Crippen MR) is 51.6 cm³/mol. The van der Waals surface area contributed by atoms with Crippen LogP contribution in [0.2, 0.25) is 0 Å². The third kappa shape index (κ3) is 2.82. The molecular weight excluding hydrogens is 207 g/mol. The molecule has 0 bridgehead atoms. The van der Waals surface area contributed by atoms with Crippen LogP contribution in [-0.4, -0.2) is 25.1 Å². The Balaban J connectivity index is 3.06. The Morgan fingerprint density at radius 2 is 2.13 bits per heavy atom. The first kappa shape index (κ1) is 11.8. The summed E-state index contributed by atoms with van der Waals surface area (Å²) >= 11 is 0. The van der Waals surface area contributed by atoms with E-state index in [0.29, 0.717) is 13.1 Å². The summed E-state index contributed by atoms with van der Waals surface area (Å²) in [6, 6.07) is 1.33. The highest BCUT2D eigenvalue weighted by Gasteiger charge is 2.34. The number of halogens is 3. The first-order chi connectivity index (χ1) is 6.96. The van der Waals surface area contributed by atoms with Gasteiger partial charge in [0.15, 0.2) is 0 Å². The average molecular weight is 219 g/mol. The first-order valence-electron chi connectivity index (χ1n) is 4.39. The number of nitrogens with zero attached hydrogens (tertiary/aromatic N) is 2. The van der Waals surface area contributed by atoms with Gasteiger partial charge in [-0.1, -0.05) is 0 Å². The number of aromatic nitrogens is 1. The lowest BCUT2D eigenvalue weighted by Crippen LogP contribution is -2.27. The molecule has 3 nitrogen and oxygen atoms in total. The van der Waals surface area contributed by atoms with Crippen molar-refractivity contribution in [2.45, 2.75) is 6.18 Å². The lowest BCUT2D eigenvalue weighted by atomic mass is 10.2. The molecule has 0 saturated heterocycles. The van der Waals surface area contributed by atoms with Crippen LogP contribution in [0, 0.1) is 0 Å². The van der Waals surface area contributed by atoms with Gasteiger partial charge in [-0.05, 0) is 6.07 Å². The van der Waals surface area contributed by atoms with Gasteiger partial charge in [0.05, 0.1) is 11.3 Å². The molecule has 0 aromatic carbocycles. The van der Waals surface area contributed by atoms with Crippen LogP contribution in [0.1, 0.15) is 5.56 Å². The minimum Gasteiger partial charge on any atom is -0.373 e. The molecule has 1 rings (SSSR count).